The molecular formula is C24H27F3N4O. The molecule has 0 radical (unpaired) electrons. The fraction of sp³-hybridized carbons (Fsp3) is 0.333. The Labute approximate surface area is 186 Å². The third kappa shape index (κ3) is 6.12. The summed E-state index contributed by atoms with van der Waals surface area (Å²) in [4.78, 5) is 7.94. The van der Waals surface area contributed by atoms with Gasteiger partial charge in [0.05, 0.1) is 6.10 Å². The van der Waals surface area contributed by atoms with Crippen molar-refractivity contribution in [3.63, 3.8) is 0 Å². The van der Waals surface area contributed by atoms with Gasteiger partial charge in [-0.3, -0.25) is 0 Å². The number of benzene rings is 2. The average molecular weight is 445 g/mol. The highest BCUT2D eigenvalue weighted by molar-refractivity contribution is 5.63. The van der Waals surface area contributed by atoms with Crippen molar-refractivity contribution < 1.29 is 17.9 Å². The van der Waals surface area contributed by atoms with Crippen molar-refractivity contribution in [2.75, 3.05) is 10.6 Å². The molecule has 3 rings (SSSR count). The highest BCUT2D eigenvalue weighted by Crippen LogP contribution is 2.35. The molecule has 1 heterocycles. The van der Waals surface area contributed by atoms with Crippen LogP contribution in [0.2, 0.25) is 0 Å². The molecule has 0 fully saturated rings. The molecule has 0 spiro atoms. The van der Waals surface area contributed by atoms with Gasteiger partial charge in [0, 0.05) is 17.6 Å². The molecule has 2 aromatic carbocycles. The van der Waals surface area contributed by atoms with Gasteiger partial charge in [-0.05, 0) is 68.1 Å². The summed E-state index contributed by atoms with van der Waals surface area (Å²) in [5.74, 6) is 0.810. The van der Waals surface area contributed by atoms with Gasteiger partial charge < -0.3 is 15.4 Å². The normalized spacial score (nSPS) is 12.5. The minimum absolute atomic E-state index is 0.0416. The van der Waals surface area contributed by atoms with Crippen LogP contribution in [-0.2, 0) is 6.18 Å². The molecule has 2 N–H and O–H groups in total. The molecule has 0 aliphatic heterocycles. The van der Waals surface area contributed by atoms with E-state index in [1.165, 1.54) is 0 Å². The first-order valence-electron chi connectivity index (χ1n) is 10.5. The Morgan fingerprint density at radius 1 is 0.906 bits per heavy atom. The summed E-state index contributed by atoms with van der Waals surface area (Å²) < 4.78 is 46.2. The van der Waals surface area contributed by atoms with Gasteiger partial charge in [-0.15, -0.1) is 0 Å². The second-order valence-corrected chi connectivity index (χ2v) is 7.83. The van der Waals surface area contributed by atoms with E-state index < -0.39 is 11.7 Å². The van der Waals surface area contributed by atoms with E-state index in [1.807, 2.05) is 26.0 Å². The van der Waals surface area contributed by atoms with Gasteiger partial charge in [0.15, 0.2) is 0 Å². The number of nitrogens with one attached hydrogen (secondary N) is 2. The van der Waals surface area contributed by atoms with Crippen molar-refractivity contribution in [1.82, 2.24) is 9.97 Å². The molecule has 5 nitrogen and oxygen atoms in total. The van der Waals surface area contributed by atoms with Gasteiger partial charge in [-0.2, -0.15) is 18.2 Å². The number of ether oxygens (including phenoxy) is 1. The molecule has 0 bridgehead atoms. The van der Waals surface area contributed by atoms with Gasteiger partial charge in [0.25, 0.3) is 0 Å². The lowest BCUT2D eigenvalue weighted by atomic mass is 9.99. The van der Waals surface area contributed by atoms with E-state index in [2.05, 4.69) is 34.4 Å². The van der Waals surface area contributed by atoms with Crippen LogP contribution in [0, 0.1) is 0 Å². The van der Waals surface area contributed by atoms with Gasteiger partial charge in [-0.1, -0.05) is 26.0 Å². The van der Waals surface area contributed by atoms with Crippen molar-refractivity contribution >= 4 is 23.1 Å². The van der Waals surface area contributed by atoms with Crippen LogP contribution < -0.4 is 15.4 Å². The van der Waals surface area contributed by atoms with Crippen molar-refractivity contribution in [2.45, 2.75) is 52.3 Å². The summed E-state index contributed by atoms with van der Waals surface area (Å²) in [5, 5.41) is 5.72. The van der Waals surface area contributed by atoms with Crippen LogP contribution in [0.1, 0.15) is 51.2 Å². The summed E-state index contributed by atoms with van der Waals surface area (Å²) in [6, 6.07) is 14.4. The summed E-state index contributed by atoms with van der Waals surface area (Å²) in [6.07, 6.45) is -2.79. The van der Waals surface area contributed by atoms with E-state index in [9.17, 15) is 13.2 Å². The van der Waals surface area contributed by atoms with Crippen molar-refractivity contribution in [1.29, 1.82) is 0 Å². The fourth-order valence-electron chi connectivity index (χ4n) is 3.03. The van der Waals surface area contributed by atoms with Gasteiger partial charge in [0.1, 0.15) is 17.1 Å². The van der Waals surface area contributed by atoms with E-state index in [4.69, 9.17) is 4.74 Å². The monoisotopic (exact) mass is 444 g/mol. The zero-order valence-corrected chi connectivity index (χ0v) is 18.5. The van der Waals surface area contributed by atoms with Crippen LogP contribution in [0.25, 0.3) is 0 Å². The van der Waals surface area contributed by atoms with Gasteiger partial charge in [-0.25, -0.2) is 4.98 Å². The standard InChI is InChI=1S/C24H27F3N4O/c1-5-16(4)17-6-8-18(9-7-17)29-22-21(24(25,26)27)14-28-23(31-22)30-19-10-12-20(13-11-19)32-15(2)3/h6-16H,5H2,1-4H3,(H2,28,29,30,31). The lowest BCUT2D eigenvalue weighted by Gasteiger charge is -2.16. The molecule has 1 aromatic heterocycles. The van der Waals surface area contributed by atoms with E-state index in [-0.39, 0.29) is 17.9 Å². The SMILES string of the molecule is CCC(C)c1ccc(Nc2nc(Nc3ccc(OC(C)C)cc3)ncc2C(F)(F)F)cc1. The highest BCUT2D eigenvalue weighted by Gasteiger charge is 2.35. The Bertz CT molecular complexity index is 1020. The molecule has 3 aromatic rings. The van der Waals surface area contributed by atoms with Gasteiger partial charge in [0.2, 0.25) is 5.95 Å². The summed E-state index contributed by atoms with van der Waals surface area (Å²) in [5.41, 5.74) is 1.34. The second kappa shape index (κ2) is 9.89. The Balaban J connectivity index is 1.83. The smallest absolute Gasteiger partial charge is 0.421 e. The molecule has 1 unspecified atom stereocenters. The maximum atomic E-state index is 13.5. The van der Waals surface area contributed by atoms with Crippen LogP contribution >= 0.6 is 0 Å². The zero-order valence-electron chi connectivity index (χ0n) is 18.5. The Kier molecular flexibility index (Phi) is 7.22. The molecule has 0 aliphatic carbocycles. The number of anilines is 4. The minimum atomic E-state index is -4.59. The van der Waals surface area contributed by atoms with Crippen LogP contribution in [-0.4, -0.2) is 16.1 Å². The molecule has 32 heavy (non-hydrogen) atoms. The highest BCUT2D eigenvalue weighted by atomic mass is 19.4. The second-order valence-electron chi connectivity index (χ2n) is 7.83. The van der Waals surface area contributed by atoms with Crippen LogP contribution in [0.5, 0.6) is 5.75 Å². The third-order valence-electron chi connectivity index (χ3n) is 4.93. The van der Waals surface area contributed by atoms with Crippen LogP contribution in [0.15, 0.2) is 54.7 Å². The number of nitrogens with zero attached hydrogens (tertiary/aromatic N) is 2. The predicted octanol–water partition coefficient (Wildman–Crippen LogP) is 7.28. The largest absolute Gasteiger partial charge is 0.491 e. The maximum Gasteiger partial charge on any atom is 0.421 e. The summed E-state index contributed by atoms with van der Waals surface area (Å²) in [7, 11) is 0. The van der Waals surface area contributed by atoms with Gasteiger partial charge >= 0.3 is 6.18 Å². The molecule has 0 saturated heterocycles. The number of halogens is 3. The van der Waals surface area contributed by atoms with E-state index >= 15 is 0 Å². The quantitative estimate of drug-likeness (QED) is 0.382. The van der Waals surface area contributed by atoms with Crippen molar-refractivity contribution in [2.24, 2.45) is 0 Å². The summed E-state index contributed by atoms with van der Waals surface area (Å²) >= 11 is 0. The fourth-order valence-corrected chi connectivity index (χ4v) is 3.03. The molecule has 0 saturated carbocycles. The lowest BCUT2D eigenvalue weighted by Crippen LogP contribution is -2.12. The average Bonchev–Trinajstić information content (AvgIpc) is 2.74. The number of aromatic nitrogens is 2. The van der Waals surface area contributed by atoms with Crippen molar-refractivity contribution in [3.05, 3.63) is 65.9 Å². The third-order valence-corrected chi connectivity index (χ3v) is 4.93. The van der Waals surface area contributed by atoms with E-state index in [0.717, 1.165) is 18.2 Å². The number of hydrogen-bond donors (Lipinski definition) is 2. The van der Waals surface area contributed by atoms with Crippen LogP contribution in [0.4, 0.5) is 36.3 Å². The molecule has 0 amide bonds. The predicted molar refractivity (Wildman–Crippen MR) is 121 cm³/mol. The molecule has 8 heteroatoms. The van der Waals surface area contributed by atoms with E-state index in [1.54, 1.807) is 36.4 Å². The first-order valence-corrected chi connectivity index (χ1v) is 10.5. The summed E-state index contributed by atoms with van der Waals surface area (Å²) in [6.45, 7) is 8.05. The molecule has 170 valence electrons. The number of rotatable bonds is 8. The Morgan fingerprint density at radius 3 is 2.06 bits per heavy atom. The zero-order chi connectivity index (χ0) is 23.3. The molecule has 0 aliphatic rings. The molecule has 1 atom stereocenters. The minimum Gasteiger partial charge on any atom is -0.491 e. The van der Waals surface area contributed by atoms with E-state index in [0.29, 0.717) is 23.0 Å². The van der Waals surface area contributed by atoms with Crippen LogP contribution in [0.3, 0.4) is 0 Å². The molecular weight excluding hydrogens is 417 g/mol. The first kappa shape index (κ1) is 23.4. The first-order chi connectivity index (χ1) is 15.2. The number of alkyl halides is 3. The number of hydrogen-bond acceptors (Lipinski definition) is 5. The lowest BCUT2D eigenvalue weighted by molar-refractivity contribution is -0.137. The maximum absolute atomic E-state index is 13.5. The van der Waals surface area contributed by atoms with Crippen molar-refractivity contribution in [3.8, 4) is 5.75 Å². The Morgan fingerprint density at radius 2 is 1.50 bits per heavy atom. The Hall–Kier alpha value is -3.29. The topological polar surface area (TPSA) is 59.1 Å².